The lowest BCUT2D eigenvalue weighted by molar-refractivity contribution is 0.105. The first-order valence-corrected chi connectivity index (χ1v) is 5.75. The normalized spacial score (nSPS) is 15.8. The Bertz CT molecular complexity index is 363. The first-order chi connectivity index (χ1) is 8.31. The minimum absolute atomic E-state index is 0.235. The maximum Gasteiger partial charge on any atom is 0.409 e. The predicted molar refractivity (Wildman–Crippen MR) is 62.8 cm³/mol. The van der Waals surface area contributed by atoms with Gasteiger partial charge in [-0.1, -0.05) is 0 Å². The van der Waals surface area contributed by atoms with Gasteiger partial charge in [0, 0.05) is 38.6 Å². The largest absolute Gasteiger partial charge is 0.450 e. The van der Waals surface area contributed by atoms with Gasteiger partial charge in [-0.15, -0.1) is 0 Å². The van der Waals surface area contributed by atoms with Crippen molar-refractivity contribution < 1.29 is 9.53 Å². The Hall–Kier alpha value is -1.85. The molecule has 17 heavy (non-hydrogen) atoms. The van der Waals surface area contributed by atoms with Gasteiger partial charge in [-0.3, -0.25) is 0 Å². The molecule has 0 saturated carbocycles. The Morgan fingerprint density at radius 1 is 1.29 bits per heavy atom. The minimum atomic E-state index is -0.235. The Balaban J connectivity index is 1.88. The van der Waals surface area contributed by atoms with Crippen molar-refractivity contribution in [2.45, 2.75) is 6.92 Å². The average Bonchev–Trinajstić information content (AvgIpc) is 2.40. The number of carbonyl (C=O) groups is 1. The highest BCUT2D eigenvalue weighted by Crippen LogP contribution is 2.10. The van der Waals surface area contributed by atoms with E-state index in [0.717, 1.165) is 19.0 Å². The SMILES string of the molecule is CCOC(=O)N1CCN(c2ncccn2)CC1. The van der Waals surface area contributed by atoms with Crippen LogP contribution in [0.15, 0.2) is 18.5 Å². The van der Waals surface area contributed by atoms with E-state index in [2.05, 4.69) is 14.9 Å². The molecular weight excluding hydrogens is 220 g/mol. The third-order valence-electron chi connectivity index (χ3n) is 2.64. The molecule has 0 spiro atoms. The number of anilines is 1. The molecule has 0 N–H and O–H groups in total. The van der Waals surface area contributed by atoms with E-state index in [1.807, 2.05) is 6.92 Å². The molecule has 6 nitrogen and oxygen atoms in total. The molecular formula is C11H16N4O2. The third kappa shape index (κ3) is 2.83. The van der Waals surface area contributed by atoms with Crippen molar-refractivity contribution in [2.24, 2.45) is 0 Å². The predicted octanol–water partition coefficient (Wildman–Crippen LogP) is 0.755. The van der Waals surface area contributed by atoms with Crippen molar-refractivity contribution in [3.8, 4) is 0 Å². The Morgan fingerprint density at radius 3 is 2.53 bits per heavy atom. The van der Waals surface area contributed by atoms with Gasteiger partial charge in [-0.25, -0.2) is 14.8 Å². The van der Waals surface area contributed by atoms with Crippen molar-refractivity contribution >= 4 is 12.0 Å². The standard InChI is InChI=1S/C11H16N4O2/c1-2-17-11(16)15-8-6-14(7-9-15)10-12-4-3-5-13-10/h3-5H,2,6-9H2,1H3. The van der Waals surface area contributed by atoms with Crippen LogP contribution in [-0.4, -0.2) is 53.7 Å². The second-order valence-corrected chi connectivity index (χ2v) is 3.72. The van der Waals surface area contributed by atoms with Gasteiger partial charge < -0.3 is 14.5 Å². The summed E-state index contributed by atoms with van der Waals surface area (Å²) in [5.74, 6) is 0.719. The van der Waals surface area contributed by atoms with Gasteiger partial charge in [0.2, 0.25) is 5.95 Å². The molecule has 2 rings (SSSR count). The summed E-state index contributed by atoms with van der Waals surface area (Å²) >= 11 is 0. The zero-order chi connectivity index (χ0) is 12.1. The molecule has 1 saturated heterocycles. The minimum Gasteiger partial charge on any atom is -0.450 e. The molecule has 2 heterocycles. The quantitative estimate of drug-likeness (QED) is 0.758. The van der Waals surface area contributed by atoms with Crippen LogP contribution in [0.25, 0.3) is 0 Å². The first kappa shape index (κ1) is 11.6. The average molecular weight is 236 g/mol. The Labute approximate surface area is 100 Å². The van der Waals surface area contributed by atoms with Crippen LogP contribution in [0.4, 0.5) is 10.7 Å². The molecule has 1 aliphatic heterocycles. The number of hydrogen-bond donors (Lipinski definition) is 0. The number of ether oxygens (including phenoxy) is 1. The topological polar surface area (TPSA) is 58.6 Å². The van der Waals surface area contributed by atoms with E-state index in [4.69, 9.17) is 4.74 Å². The van der Waals surface area contributed by atoms with E-state index < -0.39 is 0 Å². The van der Waals surface area contributed by atoms with Crippen LogP contribution in [-0.2, 0) is 4.74 Å². The molecule has 0 aromatic carbocycles. The molecule has 92 valence electrons. The molecule has 0 aliphatic carbocycles. The van der Waals surface area contributed by atoms with Crippen LogP contribution < -0.4 is 4.90 Å². The van der Waals surface area contributed by atoms with E-state index in [-0.39, 0.29) is 6.09 Å². The highest BCUT2D eigenvalue weighted by molar-refractivity contribution is 5.68. The van der Waals surface area contributed by atoms with Crippen molar-refractivity contribution in [2.75, 3.05) is 37.7 Å². The zero-order valence-corrected chi connectivity index (χ0v) is 9.87. The van der Waals surface area contributed by atoms with Gasteiger partial charge in [0.25, 0.3) is 0 Å². The summed E-state index contributed by atoms with van der Waals surface area (Å²) in [5, 5.41) is 0. The van der Waals surface area contributed by atoms with Crippen LogP contribution in [0.1, 0.15) is 6.92 Å². The molecule has 0 bridgehead atoms. The second-order valence-electron chi connectivity index (χ2n) is 3.72. The summed E-state index contributed by atoms with van der Waals surface area (Å²) in [5.41, 5.74) is 0. The molecule has 1 aromatic heterocycles. The van der Waals surface area contributed by atoms with Crippen molar-refractivity contribution in [1.82, 2.24) is 14.9 Å². The fourth-order valence-corrected chi connectivity index (χ4v) is 1.76. The van der Waals surface area contributed by atoms with Crippen LogP contribution >= 0.6 is 0 Å². The summed E-state index contributed by atoms with van der Waals surface area (Å²) in [7, 11) is 0. The van der Waals surface area contributed by atoms with E-state index in [9.17, 15) is 4.79 Å². The van der Waals surface area contributed by atoms with Crippen molar-refractivity contribution in [3.63, 3.8) is 0 Å². The van der Waals surface area contributed by atoms with Crippen molar-refractivity contribution in [3.05, 3.63) is 18.5 Å². The molecule has 1 fully saturated rings. The molecule has 1 aliphatic rings. The third-order valence-corrected chi connectivity index (χ3v) is 2.64. The Kier molecular flexibility index (Phi) is 3.74. The maximum atomic E-state index is 11.5. The number of rotatable bonds is 2. The summed E-state index contributed by atoms with van der Waals surface area (Å²) in [6.07, 6.45) is 3.21. The monoisotopic (exact) mass is 236 g/mol. The lowest BCUT2D eigenvalue weighted by Gasteiger charge is -2.33. The lowest BCUT2D eigenvalue weighted by atomic mass is 10.3. The number of amides is 1. The number of hydrogen-bond acceptors (Lipinski definition) is 5. The van der Waals surface area contributed by atoms with Crippen LogP contribution in [0.3, 0.4) is 0 Å². The summed E-state index contributed by atoms with van der Waals surface area (Å²) in [6, 6.07) is 1.79. The first-order valence-electron chi connectivity index (χ1n) is 5.75. The molecule has 0 radical (unpaired) electrons. The zero-order valence-electron chi connectivity index (χ0n) is 9.87. The fourth-order valence-electron chi connectivity index (χ4n) is 1.76. The number of nitrogens with zero attached hydrogens (tertiary/aromatic N) is 4. The maximum absolute atomic E-state index is 11.5. The van der Waals surface area contributed by atoms with Gasteiger partial charge in [-0.2, -0.15) is 0 Å². The molecule has 0 unspecified atom stereocenters. The van der Waals surface area contributed by atoms with Gasteiger partial charge >= 0.3 is 6.09 Å². The fraction of sp³-hybridized carbons (Fsp3) is 0.545. The van der Waals surface area contributed by atoms with Gasteiger partial charge in [0.05, 0.1) is 6.61 Å². The summed E-state index contributed by atoms with van der Waals surface area (Å²) in [4.78, 5) is 23.6. The highest BCUT2D eigenvalue weighted by atomic mass is 16.6. The number of aromatic nitrogens is 2. The molecule has 0 atom stereocenters. The van der Waals surface area contributed by atoms with Gasteiger partial charge in [0.15, 0.2) is 0 Å². The van der Waals surface area contributed by atoms with E-state index in [0.29, 0.717) is 19.7 Å². The molecule has 6 heteroatoms. The van der Waals surface area contributed by atoms with E-state index >= 15 is 0 Å². The molecule has 1 aromatic rings. The number of carbonyl (C=O) groups excluding carboxylic acids is 1. The number of piperazine rings is 1. The van der Waals surface area contributed by atoms with Gasteiger partial charge in [-0.05, 0) is 13.0 Å². The summed E-state index contributed by atoms with van der Waals surface area (Å²) in [6.45, 7) is 5.01. The van der Waals surface area contributed by atoms with E-state index in [1.54, 1.807) is 23.4 Å². The van der Waals surface area contributed by atoms with Gasteiger partial charge in [0.1, 0.15) is 0 Å². The highest BCUT2D eigenvalue weighted by Gasteiger charge is 2.22. The van der Waals surface area contributed by atoms with Crippen LogP contribution in [0, 0.1) is 0 Å². The summed E-state index contributed by atoms with van der Waals surface area (Å²) < 4.78 is 4.96. The molecule has 1 amide bonds. The van der Waals surface area contributed by atoms with Crippen LogP contribution in [0.2, 0.25) is 0 Å². The van der Waals surface area contributed by atoms with Crippen LogP contribution in [0.5, 0.6) is 0 Å². The smallest absolute Gasteiger partial charge is 0.409 e. The second kappa shape index (κ2) is 5.47. The van der Waals surface area contributed by atoms with E-state index in [1.165, 1.54) is 0 Å². The lowest BCUT2D eigenvalue weighted by Crippen LogP contribution is -2.49. The Morgan fingerprint density at radius 2 is 1.94 bits per heavy atom. The van der Waals surface area contributed by atoms with Crippen molar-refractivity contribution in [1.29, 1.82) is 0 Å².